The summed E-state index contributed by atoms with van der Waals surface area (Å²) in [5.74, 6) is -0.222. The van der Waals surface area contributed by atoms with Crippen LogP contribution in [0.4, 0.5) is 4.39 Å². The van der Waals surface area contributed by atoms with Gasteiger partial charge < -0.3 is 5.73 Å². The fourth-order valence-corrected chi connectivity index (χ4v) is 1.55. The SMILES string of the molecule is Cc1c(F)cc(CCCCN)cc1Cl. The van der Waals surface area contributed by atoms with Gasteiger partial charge in [0.15, 0.2) is 0 Å². The number of aryl methyl sites for hydroxylation is 1. The third kappa shape index (κ3) is 2.96. The number of nitrogens with two attached hydrogens (primary N) is 1. The maximum atomic E-state index is 13.2. The minimum Gasteiger partial charge on any atom is -0.330 e. The van der Waals surface area contributed by atoms with E-state index in [0.29, 0.717) is 17.1 Å². The lowest BCUT2D eigenvalue weighted by Gasteiger charge is -2.05. The monoisotopic (exact) mass is 215 g/mol. The lowest BCUT2D eigenvalue weighted by Crippen LogP contribution is -1.99. The zero-order valence-corrected chi connectivity index (χ0v) is 9.07. The molecule has 0 unspecified atom stereocenters. The Morgan fingerprint density at radius 3 is 2.64 bits per heavy atom. The zero-order chi connectivity index (χ0) is 10.6. The molecule has 0 fully saturated rings. The molecule has 0 radical (unpaired) electrons. The summed E-state index contributed by atoms with van der Waals surface area (Å²) in [4.78, 5) is 0. The van der Waals surface area contributed by atoms with Crippen molar-refractivity contribution in [2.45, 2.75) is 26.2 Å². The summed E-state index contributed by atoms with van der Waals surface area (Å²) >= 11 is 5.87. The molecule has 0 heterocycles. The molecule has 0 aliphatic heterocycles. The number of halogens is 2. The van der Waals surface area contributed by atoms with Crippen LogP contribution in [0.3, 0.4) is 0 Å². The molecule has 1 rings (SSSR count). The first-order valence-corrected chi connectivity index (χ1v) is 5.17. The summed E-state index contributed by atoms with van der Waals surface area (Å²) in [5.41, 5.74) is 6.85. The molecule has 0 spiro atoms. The fourth-order valence-electron chi connectivity index (χ4n) is 1.32. The maximum Gasteiger partial charge on any atom is 0.127 e. The molecular formula is C11H15ClFN. The third-order valence-electron chi connectivity index (χ3n) is 2.26. The second kappa shape index (κ2) is 5.32. The molecule has 0 aliphatic rings. The molecule has 14 heavy (non-hydrogen) atoms. The molecule has 1 nitrogen and oxygen atoms in total. The van der Waals surface area contributed by atoms with E-state index in [4.69, 9.17) is 17.3 Å². The van der Waals surface area contributed by atoms with Crippen LogP contribution in [0.2, 0.25) is 5.02 Å². The van der Waals surface area contributed by atoms with Crippen LogP contribution in [-0.2, 0) is 6.42 Å². The first-order chi connectivity index (χ1) is 6.65. The van der Waals surface area contributed by atoms with Crippen LogP contribution in [0.15, 0.2) is 12.1 Å². The Hall–Kier alpha value is -0.600. The van der Waals surface area contributed by atoms with Crippen LogP contribution < -0.4 is 5.73 Å². The van der Waals surface area contributed by atoms with Crippen molar-refractivity contribution in [3.05, 3.63) is 34.1 Å². The first-order valence-electron chi connectivity index (χ1n) is 4.79. The lowest BCUT2D eigenvalue weighted by atomic mass is 10.1. The molecule has 1 aromatic rings. The van der Waals surface area contributed by atoms with E-state index in [0.717, 1.165) is 24.8 Å². The highest BCUT2D eigenvalue weighted by atomic mass is 35.5. The minimum absolute atomic E-state index is 0.222. The predicted octanol–water partition coefficient (Wildman–Crippen LogP) is 3.07. The van der Waals surface area contributed by atoms with Gasteiger partial charge in [-0.2, -0.15) is 0 Å². The van der Waals surface area contributed by atoms with Gasteiger partial charge in [-0.05, 0) is 50.4 Å². The number of hydrogen-bond donors (Lipinski definition) is 1. The summed E-state index contributed by atoms with van der Waals surface area (Å²) in [7, 11) is 0. The van der Waals surface area contributed by atoms with Crippen LogP contribution in [-0.4, -0.2) is 6.54 Å². The van der Waals surface area contributed by atoms with E-state index < -0.39 is 0 Å². The van der Waals surface area contributed by atoms with E-state index >= 15 is 0 Å². The molecule has 0 aliphatic carbocycles. The van der Waals surface area contributed by atoms with Crippen LogP contribution in [0.5, 0.6) is 0 Å². The lowest BCUT2D eigenvalue weighted by molar-refractivity contribution is 0.614. The second-order valence-electron chi connectivity index (χ2n) is 3.43. The van der Waals surface area contributed by atoms with Gasteiger partial charge in [0.05, 0.1) is 0 Å². The molecule has 0 bridgehead atoms. The minimum atomic E-state index is -0.222. The second-order valence-corrected chi connectivity index (χ2v) is 3.84. The van der Waals surface area contributed by atoms with Crippen molar-refractivity contribution >= 4 is 11.6 Å². The third-order valence-corrected chi connectivity index (χ3v) is 2.65. The van der Waals surface area contributed by atoms with E-state index in [2.05, 4.69) is 0 Å². The van der Waals surface area contributed by atoms with Gasteiger partial charge in [0.1, 0.15) is 5.82 Å². The molecule has 0 saturated heterocycles. The van der Waals surface area contributed by atoms with Crippen molar-refractivity contribution in [1.29, 1.82) is 0 Å². The molecule has 2 N–H and O–H groups in total. The van der Waals surface area contributed by atoms with E-state index in [1.165, 1.54) is 0 Å². The fraction of sp³-hybridized carbons (Fsp3) is 0.455. The van der Waals surface area contributed by atoms with Gasteiger partial charge in [0.2, 0.25) is 0 Å². The number of benzene rings is 1. The van der Waals surface area contributed by atoms with Crippen LogP contribution >= 0.6 is 11.6 Å². The molecule has 0 amide bonds. The topological polar surface area (TPSA) is 26.0 Å². The van der Waals surface area contributed by atoms with E-state index in [1.54, 1.807) is 13.0 Å². The highest BCUT2D eigenvalue weighted by molar-refractivity contribution is 6.31. The van der Waals surface area contributed by atoms with E-state index in [9.17, 15) is 4.39 Å². The zero-order valence-electron chi connectivity index (χ0n) is 8.32. The molecule has 0 atom stereocenters. The van der Waals surface area contributed by atoms with Crippen molar-refractivity contribution in [2.24, 2.45) is 5.73 Å². The Labute approximate surface area is 89.1 Å². The Balaban J connectivity index is 2.69. The molecule has 0 aromatic heterocycles. The molecule has 0 saturated carbocycles. The van der Waals surface area contributed by atoms with Gasteiger partial charge in [0.25, 0.3) is 0 Å². The molecule has 78 valence electrons. The predicted molar refractivity (Wildman–Crippen MR) is 58.1 cm³/mol. The molecule has 3 heteroatoms. The van der Waals surface area contributed by atoms with Gasteiger partial charge in [0, 0.05) is 10.6 Å². The highest BCUT2D eigenvalue weighted by Crippen LogP contribution is 2.21. The quantitative estimate of drug-likeness (QED) is 0.768. The Bertz CT molecular complexity index is 289. The highest BCUT2D eigenvalue weighted by Gasteiger charge is 2.04. The van der Waals surface area contributed by atoms with Crippen molar-refractivity contribution < 1.29 is 4.39 Å². The van der Waals surface area contributed by atoms with Gasteiger partial charge in [-0.3, -0.25) is 0 Å². The smallest absolute Gasteiger partial charge is 0.127 e. The standard InChI is InChI=1S/C11H15ClFN/c1-8-10(12)6-9(7-11(8)13)4-2-3-5-14/h6-7H,2-5,14H2,1H3. The van der Waals surface area contributed by atoms with E-state index in [1.807, 2.05) is 6.07 Å². The van der Waals surface area contributed by atoms with Gasteiger partial charge in [-0.15, -0.1) is 0 Å². The van der Waals surface area contributed by atoms with Gasteiger partial charge >= 0.3 is 0 Å². The van der Waals surface area contributed by atoms with Crippen LogP contribution in [0, 0.1) is 12.7 Å². The van der Waals surface area contributed by atoms with Crippen LogP contribution in [0.1, 0.15) is 24.0 Å². The average Bonchev–Trinajstić information content (AvgIpc) is 2.14. The maximum absolute atomic E-state index is 13.2. The Morgan fingerprint density at radius 2 is 2.07 bits per heavy atom. The number of hydrogen-bond acceptors (Lipinski definition) is 1. The normalized spacial score (nSPS) is 10.6. The Morgan fingerprint density at radius 1 is 1.36 bits per heavy atom. The summed E-state index contributed by atoms with van der Waals surface area (Å²) in [6.07, 6.45) is 2.79. The van der Waals surface area contributed by atoms with Crippen LogP contribution in [0.25, 0.3) is 0 Å². The summed E-state index contributed by atoms with van der Waals surface area (Å²) in [5, 5.41) is 0.507. The number of unbranched alkanes of at least 4 members (excludes halogenated alkanes) is 1. The van der Waals surface area contributed by atoms with E-state index in [-0.39, 0.29) is 5.82 Å². The summed E-state index contributed by atoms with van der Waals surface area (Å²) < 4.78 is 13.2. The van der Waals surface area contributed by atoms with Crippen molar-refractivity contribution in [2.75, 3.05) is 6.54 Å². The molecule has 1 aromatic carbocycles. The summed E-state index contributed by atoms with van der Waals surface area (Å²) in [6.45, 7) is 2.36. The Kier molecular flexibility index (Phi) is 4.36. The molecular weight excluding hydrogens is 201 g/mol. The number of rotatable bonds is 4. The van der Waals surface area contributed by atoms with Gasteiger partial charge in [-0.25, -0.2) is 4.39 Å². The van der Waals surface area contributed by atoms with Crippen molar-refractivity contribution in [3.63, 3.8) is 0 Å². The average molecular weight is 216 g/mol. The van der Waals surface area contributed by atoms with Crippen molar-refractivity contribution in [1.82, 2.24) is 0 Å². The summed E-state index contributed by atoms with van der Waals surface area (Å²) in [6, 6.07) is 3.38. The van der Waals surface area contributed by atoms with Crippen molar-refractivity contribution in [3.8, 4) is 0 Å². The van der Waals surface area contributed by atoms with Gasteiger partial charge in [-0.1, -0.05) is 11.6 Å². The first kappa shape index (κ1) is 11.5. The largest absolute Gasteiger partial charge is 0.330 e.